The van der Waals surface area contributed by atoms with Crippen LogP contribution in [0.5, 0.6) is 0 Å². The zero-order valence-corrected chi connectivity index (χ0v) is 40.6. The predicted molar refractivity (Wildman–Crippen MR) is 254 cm³/mol. The molecule has 1 aliphatic rings. The molecule has 11 heteroatoms. The highest BCUT2D eigenvalue weighted by Gasteiger charge is 2.36. The van der Waals surface area contributed by atoms with Crippen LogP contribution >= 0.6 is 7.82 Å². The second-order valence-electron chi connectivity index (χ2n) is 17.5. The minimum Gasteiger partial charge on any atom is -0.756 e. The molecule has 0 radical (unpaired) electrons. The van der Waals surface area contributed by atoms with Crippen LogP contribution in [0.2, 0.25) is 0 Å². The third kappa shape index (κ3) is 39.0. The van der Waals surface area contributed by atoms with Gasteiger partial charge in [0.1, 0.15) is 19.8 Å². The minimum atomic E-state index is -4.65. The Balaban J connectivity index is 2.29. The van der Waals surface area contributed by atoms with Gasteiger partial charge in [-0.05, 0) is 83.5 Å². The molecular formula is C51H88NO9P. The molecule has 0 aromatic heterocycles. The molecule has 62 heavy (non-hydrogen) atoms. The Bertz CT molecular complexity index is 1350. The zero-order valence-electron chi connectivity index (χ0n) is 39.7. The number of quaternary nitrogens is 1. The van der Waals surface area contributed by atoms with E-state index in [1.807, 2.05) is 27.2 Å². The summed E-state index contributed by atoms with van der Waals surface area (Å²) in [5.41, 5.74) is 0. The van der Waals surface area contributed by atoms with Gasteiger partial charge in [0.05, 0.1) is 40.0 Å². The normalized spacial score (nSPS) is 17.4. The first kappa shape index (κ1) is 57.4. The summed E-state index contributed by atoms with van der Waals surface area (Å²) in [6, 6.07) is 0. The molecule has 356 valence electrons. The second kappa shape index (κ2) is 38.8. The SMILES string of the molecule is CCCCCC/C=C\C/C=C\C/C=C\CCCCCCCCC(=O)OC[C@H](COP(=O)([O-])OCC[N+](C)(C)C)OC(=O)CCC/C=C\C/C=C\C/C=C\CC1OC1CCCCC. The highest BCUT2D eigenvalue weighted by Crippen LogP contribution is 2.38. The number of hydrogen-bond acceptors (Lipinski definition) is 9. The van der Waals surface area contributed by atoms with Crippen molar-refractivity contribution < 1.29 is 46.8 Å². The fraction of sp³-hybridized carbons (Fsp3) is 0.725. The largest absolute Gasteiger partial charge is 0.756 e. The van der Waals surface area contributed by atoms with Crippen molar-refractivity contribution >= 4 is 19.8 Å². The van der Waals surface area contributed by atoms with Gasteiger partial charge in [-0.3, -0.25) is 14.2 Å². The van der Waals surface area contributed by atoms with Gasteiger partial charge in [0.2, 0.25) is 0 Å². The molecule has 0 aromatic rings. The molecule has 0 N–H and O–H groups in total. The van der Waals surface area contributed by atoms with Crippen LogP contribution in [0, 0.1) is 0 Å². The lowest BCUT2D eigenvalue weighted by Crippen LogP contribution is -2.37. The van der Waals surface area contributed by atoms with E-state index in [1.54, 1.807) is 0 Å². The van der Waals surface area contributed by atoms with Crippen molar-refractivity contribution in [2.45, 2.75) is 193 Å². The van der Waals surface area contributed by atoms with Gasteiger partial charge in [0.15, 0.2) is 6.10 Å². The summed E-state index contributed by atoms with van der Waals surface area (Å²) < 4.78 is 39.6. The van der Waals surface area contributed by atoms with Gasteiger partial charge >= 0.3 is 11.9 Å². The van der Waals surface area contributed by atoms with E-state index in [4.69, 9.17) is 23.3 Å². The third-order valence-electron chi connectivity index (χ3n) is 10.4. The topological polar surface area (TPSA) is 124 Å². The standard InChI is InChI=1S/C51H88NO9P/c1-6-8-10-11-12-13-14-15-16-17-18-19-20-21-22-23-27-30-33-37-41-50(53)57-45-47(46-59-62(55,56)58-44-43-52(3,4)5)60-51(54)42-38-34-31-28-25-24-26-29-32-36-40-49-48(61-49)39-35-9-7-2/h13-14,16-17,19-20,24,26,28,31-32,36,47-49H,6-12,15,18,21-23,25,27,29-30,33-35,37-46H2,1-5H3/b14-13-,17-16-,20-19-,26-24-,31-28-,36-32-/t47-,48?,49?/m1/s1. The smallest absolute Gasteiger partial charge is 0.306 e. The van der Waals surface area contributed by atoms with Crippen molar-refractivity contribution in [3.05, 3.63) is 72.9 Å². The molecule has 1 aliphatic heterocycles. The number of nitrogens with zero attached hydrogens (tertiary/aromatic N) is 1. The Kier molecular flexibility index (Phi) is 36.0. The highest BCUT2D eigenvalue weighted by molar-refractivity contribution is 7.45. The van der Waals surface area contributed by atoms with E-state index in [-0.39, 0.29) is 26.1 Å². The first-order valence-corrected chi connectivity index (χ1v) is 25.7. The van der Waals surface area contributed by atoms with E-state index in [0.29, 0.717) is 42.5 Å². The minimum absolute atomic E-state index is 0.0490. The van der Waals surface area contributed by atoms with E-state index < -0.39 is 32.5 Å². The Labute approximate surface area is 378 Å². The third-order valence-corrected chi connectivity index (χ3v) is 11.3. The van der Waals surface area contributed by atoms with Crippen LogP contribution in [0.3, 0.4) is 0 Å². The van der Waals surface area contributed by atoms with E-state index in [2.05, 4.69) is 80.7 Å². The van der Waals surface area contributed by atoms with Crippen molar-refractivity contribution in [2.24, 2.45) is 0 Å². The zero-order chi connectivity index (χ0) is 45.4. The van der Waals surface area contributed by atoms with Crippen LogP contribution < -0.4 is 4.89 Å². The van der Waals surface area contributed by atoms with Crippen LogP contribution in [0.15, 0.2) is 72.9 Å². The first-order chi connectivity index (χ1) is 30.0. The maximum absolute atomic E-state index is 12.7. The molecule has 10 nitrogen and oxygen atoms in total. The van der Waals surface area contributed by atoms with Gasteiger partial charge in [-0.2, -0.15) is 0 Å². The van der Waals surface area contributed by atoms with E-state index in [9.17, 15) is 19.0 Å². The molecule has 3 unspecified atom stereocenters. The molecule has 4 atom stereocenters. The van der Waals surface area contributed by atoms with Crippen LogP contribution in [0.25, 0.3) is 0 Å². The van der Waals surface area contributed by atoms with Gasteiger partial charge in [-0.1, -0.05) is 151 Å². The molecule has 1 fully saturated rings. The number of carbonyl (C=O) groups excluding carboxylic acids is 2. The van der Waals surface area contributed by atoms with Gasteiger partial charge in [0, 0.05) is 12.8 Å². The summed E-state index contributed by atoms with van der Waals surface area (Å²) in [4.78, 5) is 37.6. The Hall–Kier alpha value is -2.59. The lowest BCUT2D eigenvalue weighted by atomic mass is 10.1. The molecule has 0 bridgehead atoms. The predicted octanol–water partition coefficient (Wildman–Crippen LogP) is 12.5. The highest BCUT2D eigenvalue weighted by atomic mass is 31.2. The van der Waals surface area contributed by atoms with Crippen LogP contribution in [-0.4, -0.2) is 82.2 Å². The maximum Gasteiger partial charge on any atom is 0.306 e. The summed E-state index contributed by atoms with van der Waals surface area (Å²) in [6.07, 6.45) is 51.1. The lowest BCUT2D eigenvalue weighted by molar-refractivity contribution is -0.870. The molecule has 0 aromatic carbocycles. The molecule has 0 spiro atoms. The van der Waals surface area contributed by atoms with Gasteiger partial charge in [-0.15, -0.1) is 0 Å². The van der Waals surface area contributed by atoms with Gasteiger partial charge in [-0.25, -0.2) is 0 Å². The molecule has 0 saturated carbocycles. The molecular weight excluding hydrogens is 802 g/mol. The van der Waals surface area contributed by atoms with Crippen LogP contribution in [0.4, 0.5) is 0 Å². The number of carbonyl (C=O) groups is 2. The fourth-order valence-electron chi connectivity index (χ4n) is 6.45. The Morgan fingerprint density at radius 1 is 0.597 bits per heavy atom. The summed E-state index contributed by atoms with van der Waals surface area (Å²) in [6.45, 7) is 4.08. The number of esters is 2. The number of likely N-dealkylation sites (N-methyl/N-ethyl adjacent to an activating group) is 1. The number of allylic oxidation sites excluding steroid dienone is 11. The number of ether oxygens (including phenoxy) is 3. The summed E-state index contributed by atoms with van der Waals surface area (Å²) >= 11 is 0. The van der Waals surface area contributed by atoms with Crippen molar-refractivity contribution in [3.63, 3.8) is 0 Å². The van der Waals surface area contributed by atoms with Crippen molar-refractivity contribution in [1.29, 1.82) is 0 Å². The summed E-state index contributed by atoms with van der Waals surface area (Å²) in [5.74, 6) is -0.924. The summed E-state index contributed by atoms with van der Waals surface area (Å²) in [5, 5.41) is 0. The number of hydrogen-bond donors (Lipinski definition) is 0. The molecule has 0 aliphatic carbocycles. The molecule has 1 rings (SSSR count). The van der Waals surface area contributed by atoms with E-state index in [1.165, 1.54) is 57.8 Å². The second-order valence-corrected chi connectivity index (χ2v) is 18.9. The maximum atomic E-state index is 12.7. The van der Waals surface area contributed by atoms with Crippen molar-refractivity contribution in [2.75, 3.05) is 47.5 Å². The Morgan fingerprint density at radius 3 is 1.69 bits per heavy atom. The first-order valence-electron chi connectivity index (χ1n) is 24.3. The van der Waals surface area contributed by atoms with Crippen LogP contribution in [0.1, 0.15) is 174 Å². The monoisotopic (exact) mass is 890 g/mol. The fourth-order valence-corrected chi connectivity index (χ4v) is 7.18. The van der Waals surface area contributed by atoms with Gasteiger partial charge in [0.25, 0.3) is 7.82 Å². The molecule has 0 amide bonds. The number of phosphoric acid groups is 1. The van der Waals surface area contributed by atoms with Crippen molar-refractivity contribution in [1.82, 2.24) is 0 Å². The number of rotatable bonds is 42. The van der Waals surface area contributed by atoms with E-state index >= 15 is 0 Å². The number of phosphoric ester groups is 1. The molecule has 1 heterocycles. The average Bonchev–Trinajstić information content (AvgIpc) is 3.98. The molecule has 1 saturated heterocycles. The Morgan fingerprint density at radius 2 is 1.10 bits per heavy atom. The van der Waals surface area contributed by atoms with Crippen molar-refractivity contribution in [3.8, 4) is 0 Å². The quantitative estimate of drug-likeness (QED) is 0.0147. The summed E-state index contributed by atoms with van der Waals surface area (Å²) in [7, 11) is 1.11. The van der Waals surface area contributed by atoms with Gasteiger partial charge < -0.3 is 32.6 Å². The number of epoxide rings is 1. The number of unbranched alkanes of at least 4 members (excludes halogenated alkanes) is 13. The lowest BCUT2D eigenvalue weighted by Gasteiger charge is -2.28. The van der Waals surface area contributed by atoms with Crippen LogP contribution in [-0.2, 0) is 37.4 Å². The average molecular weight is 890 g/mol. The van der Waals surface area contributed by atoms with E-state index in [0.717, 1.165) is 70.6 Å².